The van der Waals surface area contributed by atoms with Crippen LogP contribution < -0.4 is 5.32 Å². The predicted octanol–water partition coefficient (Wildman–Crippen LogP) is 5.05. The van der Waals surface area contributed by atoms with Crippen LogP contribution in [0, 0.1) is 5.92 Å². The van der Waals surface area contributed by atoms with Crippen LogP contribution in [-0.4, -0.2) is 6.54 Å². The molecule has 1 saturated carbocycles. The van der Waals surface area contributed by atoms with Gasteiger partial charge in [0.2, 0.25) is 0 Å². The number of halogens is 2. The molecule has 18 heavy (non-hydrogen) atoms. The van der Waals surface area contributed by atoms with Gasteiger partial charge in [-0.3, -0.25) is 0 Å². The maximum absolute atomic E-state index is 6.13. The largest absolute Gasteiger partial charge is 0.313 e. The molecule has 0 spiro atoms. The van der Waals surface area contributed by atoms with Crippen molar-refractivity contribution in [1.82, 2.24) is 5.32 Å². The summed E-state index contributed by atoms with van der Waals surface area (Å²) in [6.07, 6.45) is 8.42. The highest BCUT2D eigenvalue weighted by Gasteiger charge is 2.12. The van der Waals surface area contributed by atoms with Gasteiger partial charge in [0, 0.05) is 16.6 Å². The molecule has 1 aliphatic rings. The van der Waals surface area contributed by atoms with Crippen LogP contribution in [0.15, 0.2) is 18.2 Å². The monoisotopic (exact) mass is 285 g/mol. The van der Waals surface area contributed by atoms with Crippen molar-refractivity contribution in [1.29, 1.82) is 0 Å². The lowest BCUT2D eigenvalue weighted by Gasteiger charge is -2.21. The van der Waals surface area contributed by atoms with Crippen molar-refractivity contribution in [3.8, 4) is 0 Å². The van der Waals surface area contributed by atoms with Gasteiger partial charge < -0.3 is 5.32 Å². The molecule has 0 aliphatic heterocycles. The summed E-state index contributed by atoms with van der Waals surface area (Å²) in [5.41, 5.74) is 1.13. The van der Waals surface area contributed by atoms with Crippen LogP contribution in [0.2, 0.25) is 10.0 Å². The van der Waals surface area contributed by atoms with E-state index in [4.69, 9.17) is 23.2 Å². The molecule has 1 N–H and O–H groups in total. The Morgan fingerprint density at radius 2 is 1.89 bits per heavy atom. The van der Waals surface area contributed by atoms with E-state index >= 15 is 0 Å². The molecule has 0 bridgehead atoms. The van der Waals surface area contributed by atoms with Crippen molar-refractivity contribution < 1.29 is 0 Å². The molecule has 0 heterocycles. The van der Waals surface area contributed by atoms with E-state index in [0.29, 0.717) is 5.02 Å². The van der Waals surface area contributed by atoms with E-state index in [0.717, 1.165) is 29.6 Å². The molecule has 1 aromatic rings. The van der Waals surface area contributed by atoms with E-state index in [1.54, 1.807) is 6.07 Å². The highest BCUT2D eigenvalue weighted by molar-refractivity contribution is 6.35. The summed E-state index contributed by atoms with van der Waals surface area (Å²) >= 11 is 12.0. The van der Waals surface area contributed by atoms with Crippen molar-refractivity contribution in [3.05, 3.63) is 33.8 Å². The van der Waals surface area contributed by atoms with E-state index in [9.17, 15) is 0 Å². The molecule has 0 unspecified atom stereocenters. The number of rotatable bonds is 5. The molecule has 0 saturated heterocycles. The second-order valence-corrected chi connectivity index (χ2v) is 6.05. The zero-order valence-corrected chi connectivity index (χ0v) is 12.2. The van der Waals surface area contributed by atoms with Crippen LogP contribution in [0.4, 0.5) is 0 Å². The Morgan fingerprint density at radius 3 is 2.61 bits per heavy atom. The first kappa shape index (κ1) is 14.2. The number of hydrogen-bond donors (Lipinski definition) is 1. The third-order valence-electron chi connectivity index (χ3n) is 3.78. The standard InChI is InChI=1S/C15H21Cl2N/c16-14-7-6-13(15(17)10-14)11-18-9-8-12-4-2-1-3-5-12/h6-7,10,12,18H,1-5,8-9,11H2. The van der Waals surface area contributed by atoms with Gasteiger partial charge in [0.15, 0.2) is 0 Å². The van der Waals surface area contributed by atoms with E-state index in [1.165, 1.54) is 38.5 Å². The summed E-state index contributed by atoms with van der Waals surface area (Å²) in [7, 11) is 0. The van der Waals surface area contributed by atoms with Crippen LogP contribution in [0.1, 0.15) is 44.1 Å². The maximum atomic E-state index is 6.13. The van der Waals surface area contributed by atoms with Crippen molar-refractivity contribution in [3.63, 3.8) is 0 Å². The Bertz CT molecular complexity index is 373. The first-order valence-electron chi connectivity index (χ1n) is 6.90. The zero-order valence-electron chi connectivity index (χ0n) is 10.7. The van der Waals surface area contributed by atoms with Gasteiger partial charge in [0.1, 0.15) is 0 Å². The van der Waals surface area contributed by atoms with Crippen molar-refractivity contribution in [2.75, 3.05) is 6.54 Å². The summed E-state index contributed by atoms with van der Waals surface area (Å²) in [5.74, 6) is 0.937. The van der Waals surface area contributed by atoms with Gasteiger partial charge in [-0.15, -0.1) is 0 Å². The van der Waals surface area contributed by atoms with Crippen LogP contribution in [0.5, 0.6) is 0 Å². The topological polar surface area (TPSA) is 12.0 Å². The summed E-state index contributed by atoms with van der Waals surface area (Å²) in [5, 5.41) is 4.94. The minimum atomic E-state index is 0.700. The Balaban J connectivity index is 1.68. The highest BCUT2D eigenvalue weighted by Crippen LogP contribution is 2.26. The molecule has 1 aliphatic carbocycles. The van der Waals surface area contributed by atoms with Gasteiger partial charge in [-0.2, -0.15) is 0 Å². The molecular weight excluding hydrogens is 265 g/mol. The Labute approximate surface area is 120 Å². The fraction of sp³-hybridized carbons (Fsp3) is 0.600. The first-order chi connectivity index (χ1) is 8.75. The van der Waals surface area contributed by atoms with Gasteiger partial charge >= 0.3 is 0 Å². The van der Waals surface area contributed by atoms with Crippen LogP contribution in [-0.2, 0) is 6.54 Å². The fourth-order valence-corrected chi connectivity index (χ4v) is 3.15. The van der Waals surface area contributed by atoms with Crippen LogP contribution in [0.3, 0.4) is 0 Å². The summed E-state index contributed by atoms with van der Waals surface area (Å²) in [6, 6.07) is 5.70. The smallest absolute Gasteiger partial charge is 0.0465 e. The van der Waals surface area contributed by atoms with E-state index in [2.05, 4.69) is 5.32 Å². The lowest BCUT2D eigenvalue weighted by atomic mass is 9.87. The molecule has 1 aromatic carbocycles. The Kier molecular flexibility index (Phi) is 5.81. The second-order valence-electron chi connectivity index (χ2n) is 5.21. The Hall–Kier alpha value is -0.240. The average molecular weight is 286 g/mol. The van der Waals surface area contributed by atoms with Crippen LogP contribution >= 0.6 is 23.2 Å². The molecule has 100 valence electrons. The summed E-state index contributed by atoms with van der Waals surface area (Å²) in [4.78, 5) is 0. The SMILES string of the molecule is Clc1ccc(CNCCC2CCCCC2)c(Cl)c1. The number of benzene rings is 1. The molecule has 3 heteroatoms. The second kappa shape index (κ2) is 7.37. The van der Waals surface area contributed by atoms with Crippen LogP contribution in [0.25, 0.3) is 0 Å². The Morgan fingerprint density at radius 1 is 1.11 bits per heavy atom. The van der Waals surface area contributed by atoms with Crippen molar-refractivity contribution in [2.24, 2.45) is 5.92 Å². The van der Waals surface area contributed by atoms with Crippen molar-refractivity contribution in [2.45, 2.75) is 45.1 Å². The first-order valence-corrected chi connectivity index (χ1v) is 7.66. The van der Waals surface area contributed by atoms with E-state index < -0.39 is 0 Å². The maximum Gasteiger partial charge on any atom is 0.0465 e. The van der Waals surface area contributed by atoms with Gasteiger partial charge in [0.25, 0.3) is 0 Å². The fourth-order valence-electron chi connectivity index (χ4n) is 2.67. The van der Waals surface area contributed by atoms with Gasteiger partial charge in [-0.05, 0) is 36.6 Å². The molecule has 1 fully saturated rings. The van der Waals surface area contributed by atoms with Gasteiger partial charge in [0.05, 0.1) is 0 Å². The molecule has 2 rings (SSSR count). The number of nitrogens with one attached hydrogen (secondary N) is 1. The summed E-state index contributed by atoms with van der Waals surface area (Å²) in [6.45, 7) is 1.92. The molecule has 0 radical (unpaired) electrons. The normalized spacial score (nSPS) is 17.0. The summed E-state index contributed by atoms with van der Waals surface area (Å²) < 4.78 is 0. The van der Waals surface area contributed by atoms with E-state index in [1.807, 2.05) is 12.1 Å². The lowest BCUT2D eigenvalue weighted by Crippen LogP contribution is -2.19. The molecule has 0 atom stereocenters. The lowest BCUT2D eigenvalue weighted by molar-refractivity contribution is 0.334. The van der Waals surface area contributed by atoms with Crippen molar-refractivity contribution >= 4 is 23.2 Å². The molecule has 0 amide bonds. The predicted molar refractivity (Wildman–Crippen MR) is 79.4 cm³/mol. The highest BCUT2D eigenvalue weighted by atomic mass is 35.5. The third kappa shape index (κ3) is 4.46. The van der Waals surface area contributed by atoms with E-state index in [-0.39, 0.29) is 0 Å². The zero-order chi connectivity index (χ0) is 12.8. The molecular formula is C15H21Cl2N. The average Bonchev–Trinajstić information content (AvgIpc) is 2.38. The number of hydrogen-bond acceptors (Lipinski definition) is 1. The molecule has 0 aromatic heterocycles. The third-order valence-corrected chi connectivity index (χ3v) is 4.37. The van der Waals surface area contributed by atoms with Gasteiger partial charge in [-0.1, -0.05) is 61.4 Å². The molecule has 1 nitrogen and oxygen atoms in total. The van der Waals surface area contributed by atoms with Gasteiger partial charge in [-0.25, -0.2) is 0 Å². The quantitative estimate of drug-likeness (QED) is 0.746. The minimum Gasteiger partial charge on any atom is -0.313 e. The minimum absolute atomic E-state index is 0.700.